The molecule has 0 aliphatic heterocycles. The van der Waals surface area contributed by atoms with Crippen molar-refractivity contribution in [3.05, 3.63) is 23.0 Å². The molecule has 0 radical (unpaired) electrons. The highest BCUT2D eigenvalue weighted by Crippen LogP contribution is 2.33. The molecule has 9 heteroatoms. The van der Waals surface area contributed by atoms with Gasteiger partial charge in [-0.05, 0) is 51.7 Å². The number of hydrogen-bond donors (Lipinski definition) is 1. The molecule has 0 saturated heterocycles. The molecule has 2 rings (SSSR count). The van der Waals surface area contributed by atoms with Gasteiger partial charge in [-0.15, -0.1) is 0 Å². The van der Waals surface area contributed by atoms with E-state index >= 15 is 0 Å². The average Bonchev–Trinajstić information content (AvgIpc) is 2.39. The topological polar surface area (TPSA) is 60.5 Å². The van der Waals surface area contributed by atoms with Crippen LogP contribution in [0.25, 0.3) is 0 Å². The normalized spacial score (nSPS) is 20.6. The van der Waals surface area contributed by atoms with Crippen molar-refractivity contribution in [3.63, 3.8) is 0 Å². The van der Waals surface area contributed by atoms with Gasteiger partial charge in [0.05, 0.1) is 6.61 Å². The predicted octanol–water partition coefficient (Wildman–Crippen LogP) is 4.44. The second-order valence-electron chi connectivity index (χ2n) is 6.97. The molecule has 1 aliphatic rings. The lowest BCUT2D eigenvalue weighted by atomic mass is 9.81. The van der Waals surface area contributed by atoms with E-state index in [1.807, 2.05) is 0 Å². The van der Waals surface area contributed by atoms with Gasteiger partial charge < -0.3 is 14.8 Å². The highest BCUT2D eigenvalue weighted by atomic mass is 35.5. The van der Waals surface area contributed by atoms with E-state index in [1.165, 1.54) is 0 Å². The summed E-state index contributed by atoms with van der Waals surface area (Å²) in [4.78, 5) is 14.9. The summed E-state index contributed by atoms with van der Waals surface area (Å²) in [6, 6.07) is 1.99. The van der Waals surface area contributed by atoms with E-state index in [2.05, 4.69) is 10.3 Å². The molecule has 1 saturated carbocycles. The van der Waals surface area contributed by atoms with Crippen molar-refractivity contribution in [2.45, 2.75) is 51.4 Å². The van der Waals surface area contributed by atoms with Crippen LogP contribution in [0.4, 0.5) is 18.0 Å². The first kappa shape index (κ1) is 19.6. The van der Waals surface area contributed by atoms with Gasteiger partial charge in [-0.2, -0.15) is 13.2 Å². The van der Waals surface area contributed by atoms with Crippen LogP contribution in [0.2, 0.25) is 5.15 Å². The third-order valence-electron chi connectivity index (χ3n) is 3.54. The van der Waals surface area contributed by atoms with E-state index in [0.29, 0.717) is 19.4 Å². The van der Waals surface area contributed by atoms with Gasteiger partial charge in [0.2, 0.25) is 0 Å². The van der Waals surface area contributed by atoms with Crippen molar-refractivity contribution in [1.82, 2.24) is 10.3 Å². The minimum atomic E-state index is -4.54. The van der Waals surface area contributed by atoms with E-state index < -0.39 is 23.6 Å². The van der Waals surface area contributed by atoms with Crippen molar-refractivity contribution in [2.24, 2.45) is 5.92 Å². The summed E-state index contributed by atoms with van der Waals surface area (Å²) >= 11 is 5.73. The van der Waals surface area contributed by atoms with Crippen LogP contribution in [-0.4, -0.2) is 29.3 Å². The Balaban J connectivity index is 1.75. The molecule has 1 heterocycles. The van der Waals surface area contributed by atoms with Gasteiger partial charge in [0.15, 0.2) is 10.9 Å². The van der Waals surface area contributed by atoms with E-state index in [4.69, 9.17) is 21.1 Å². The predicted molar refractivity (Wildman–Crippen MR) is 85.6 cm³/mol. The third-order valence-corrected chi connectivity index (χ3v) is 3.81. The maximum Gasteiger partial charge on any atom is 0.433 e. The molecular weight excluding hydrogens is 361 g/mol. The number of halogens is 4. The largest absolute Gasteiger partial charge is 0.490 e. The minimum absolute atomic E-state index is 0.00431. The molecule has 0 spiro atoms. The monoisotopic (exact) mass is 380 g/mol. The second kappa shape index (κ2) is 7.27. The zero-order chi connectivity index (χ0) is 18.8. The lowest BCUT2D eigenvalue weighted by molar-refractivity contribution is -0.141. The molecular formula is C16H20ClF3N2O3. The van der Waals surface area contributed by atoms with E-state index in [1.54, 1.807) is 20.8 Å². The van der Waals surface area contributed by atoms with Gasteiger partial charge in [0, 0.05) is 6.04 Å². The maximum absolute atomic E-state index is 12.5. The van der Waals surface area contributed by atoms with Crippen LogP contribution >= 0.6 is 11.6 Å². The Bertz CT molecular complexity index is 626. The summed E-state index contributed by atoms with van der Waals surface area (Å²) in [5, 5.41) is 2.43. The smallest absolute Gasteiger partial charge is 0.433 e. The molecule has 1 aromatic heterocycles. The first-order chi connectivity index (χ1) is 11.4. The van der Waals surface area contributed by atoms with E-state index in [-0.39, 0.29) is 22.9 Å². The third kappa shape index (κ3) is 5.95. The van der Waals surface area contributed by atoms with Gasteiger partial charge in [0.1, 0.15) is 11.3 Å². The fourth-order valence-electron chi connectivity index (χ4n) is 2.36. The number of nitrogens with one attached hydrogen (secondary N) is 1. The zero-order valence-electron chi connectivity index (χ0n) is 14.1. The molecule has 5 nitrogen and oxygen atoms in total. The number of rotatable bonds is 4. The van der Waals surface area contributed by atoms with Crippen LogP contribution in [0, 0.1) is 5.92 Å². The van der Waals surface area contributed by atoms with Gasteiger partial charge in [-0.25, -0.2) is 9.78 Å². The molecule has 140 valence electrons. The molecule has 1 aromatic rings. The number of amides is 1. The number of alkyl halides is 3. The van der Waals surface area contributed by atoms with Crippen LogP contribution in [0.15, 0.2) is 12.1 Å². The van der Waals surface area contributed by atoms with Crippen molar-refractivity contribution in [3.8, 4) is 5.75 Å². The summed E-state index contributed by atoms with van der Waals surface area (Å²) in [6.07, 6.45) is -3.61. The van der Waals surface area contributed by atoms with Crippen molar-refractivity contribution in [2.75, 3.05) is 6.61 Å². The van der Waals surface area contributed by atoms with E-state index in [0.717, 1.165) is 12.1 Å². The van der Waals surface area contributed by atoms with Crippen molar-refractivity contribution >= 4 is 17.7 Å². The Morgan fingerprint density at radius 2 is 1.96 bits per heavy atom. The number of carbonyl (C=O) groups is 1. The van der Waals surface area contributed by atoms with Crippen molar-refractivity contribution < 1.29 is 27.4 Å². The quantitative estimate of drug-likeness (QED) is 0.785. The number of alkyl carbamates (subject to hydrolysis) is 1. The van der Waals surface area contributed by atoms with Crippen LogP contribution < -0.4 is 10.1 Å². The average molecular weight is 381 g/mol. The molecule has 1 fully saturated rings. The molecule has 0 atom stereocenters. The maximum atomic E-state index is 12.5. The van der Waals surface area contributed by atoms with Crippen LogP contribution in [0.3, 0.4) is 0 Å². The standard InChI is InChI=1S/C16H20ClF3N2O3/c1-15(2,3)25-14(23)21-10-6-9(7-10)8-24-11-4-5-12(16(18,19)20)22-13(11)17/h4-5,9-10H,6-8H2,1-3H3,(H,21,23). The first-order valence-corrected chi connectivity index (χ1v) is 8.18. The Morgan fingerprint density at radius 3 is 2.48 bits per heavy atom. The van der Waals surface area contributed by atoms with Gasteiger partial charge in [-0.1, -0.05) is 11.6 Å². The molecule has 0 bridgehead atoms. The molecule has 0 aromatic carbocycles. The second-order valence-corrected chi connectivity index (χ2v) is 7.33. The summed E-state index contributed by atoms with van der Waals surface area (Å²) in [5.41, 5.74) is -1.61. The lowest BCUT2D eigenvalue weighted by Crippen LogP contribution is -2.47. The Labute approximate surface area is 148 Å². The summed E-state index contributed by atoms with van der Waals surface area (Å²) in [7, 11) is 0. The molecule has 1 amide bonds. The Morgan fingerprint density at radius 1 is 1.32 bits per heavy atom. The highest BCUT2D eigenvalue weighted by molar-refractivity contribution is 6.30. The fourth-order valence-corrected chi connectivity index (χ4v) is 2.57. The number of ether oxygens (including phenoxy) is 2. The number of hydrogen-bond acceptors (Lipinski definition) is 4. The highest BCUT2D eigenvalue weighted by Gasteiger charge is 2.34. The molecule has 1 aliphatic carbocycles. The first-order valence-electron chi connectivity index (χ1n) is 7.80. The Hall–Kier alpha value is -1.70. The zero-order valence-corrected chi connectivity index (χ0v) is 14.9. The minimum Gasteiger partial charge on any atom is -0.490 e. The van der Waals surface area contributed by atoms with E-state index in [9.17, 15) is 18.0 Å². The number of nitrogens with zero attached hydrogens (tertiary/aromatic N) is 1. The summed E-state index contributed by atoms with van der Waals surface area (Å²) < 4.78 is 48.2. The number of aromatic nitrogens is 1. The van der Waals surface area contributed by atoms with Crippen LogP contribution in [0.5, 0.6) is 5.75 Å². The van der Waals surface area contributed by atoms with Crippen LogP contribution in [-0.2, 0) is 10.9 Å². The number of carbonyl (C=O) groups excluding carboxylic acids is 1. The SMILES string of the molecule is CC(C)(C)OC(=O)NC1CC(COc2ccc(C(F)(F)F)nc2Cl)C1. The molecule has 0 unspecified atom stereocenters. The lowest BCUT2D eigenvalue weighted by Gasteiger charge is -2.35. The summed E-state index contributed by atoms with van der Waals surface area (Å²) in [6.45, 7) is 5.64. The molecule has 1 N–H and O–H groups in total. The molecule has 25 heavy (non-hydrogen) atoms. The van der Waals surface area contributed by atoms with Gasteiger partial charge in [0.25, 0.3) is 0 Å². The summed E-state index contributed by atoms with van der Waals surface area (Å²) in [5.74, 6) is 0.288. The fraction of sp³-hybridized carbons (Fsp3) is 0.625. The van der Waals surface area contributed by atoms with Gasteiger partial charge >= 0.3 is 12.3 Å². The van der Waals surface area contributed by atoms with Crippen molar-refractivity contribution in [1.29, 1.82) is 0 Å². The van der Waals surface area contributed by atoms with Crippen LogP contribution in [0.1, 0.15) is 39.3 Å². The number of pyridine rings is 1. The van der Waals surface area contributed by atoms with Gasteiger partial charge in [-0.3, -0.25) is 0 Å². The Kier molecular flexibility index (Phi) is 5.71.